The first kappa shape index (κ1) is 11.9. The third-order valence-electron chi connectivity index (χ3n) is 2.81. The van der Waals surface area contributed by atoms with E-state index in [2.05, 4.69) is 15.4 Å². The molecule has 3 aromatic rings. The van der Waals surface area contributed by atoms with Crippen molar-refractivity contribution in [1.29, 1.82) is 0 Å². The van der Waals surface area contributed by atoms with Gasteiger partial charge in [-0.3, -0.25) is 25.0 Å². The topological polar surface area (TPSA) is 106 Å². The predicted octanol–water partition coefficient (Wildman–Crippen LogP) is 1.51. The van der Waals surface area contributed by atoms with Crippen molar-refractivity contribution in [2.75, 3.05) is 5.43 Å². The highest BCUT2D eigenvalue weighted by atomic mass is 16.6. The molecule has 0 aliphatic rings. The summed E-state index contributed by atoms with van der Waals surface area (Å²) in [5, 5.41) is 11.3. The molecule has 0 unspecified atom stereocenters. The summed E-state index contributed by atoms with van der Waals surface area (Å²) in [6, 6.07) is 6.25. The van der Waals surface area contributed by atoms with E-state index in [1.54, 1.807) is 29.2 Å². The lowest BCUT2D eigenvalue weighted by atomic mass is 10.2. The van der Waals surface area contributed by atoms with Crippen molar-refractivity contribution in [2.45, 2.75) is 0 Å². The quantitative estimate of drug-likeness (QED) is 0.554. The van der Waals surface area contributed by atoms with Crippen LogP contribution in [0.25, 0.3) is 10.9 Å². The van der Waals surface area contributed by atoms with Gasteiger partial charge < -0.3 is 4.98 Å². The number of rotatable bonds is 3. The van der Waals surface area contributed by atoms with Gasteiger partial charge in [-0.05, 0) is 18.2 Å². The zero-order valence-corrected chi connectivity index (χ0v) is 10.1. The van der Waals surface area contributed by atoms with Gasteiger partial charge >= 0.3 is 0 Å². The molecule has 1 aromatic carbocycles. The van der Waals surface area contributed by atoms with Gasteiger partial charge in [0.2, 0.25) is 0 Å². The van der Waals surface area contributed by atoms with Crippen LogP contribution in [0.3, 0.4) is 0 Å². The molecule has 0 atom stereocenters. The summed E-state index contributed by atoms with van der Waals surface area (Å²) in [4.78, 5) is 28.6. The Hall–Kier alpha value is -3.16. The van der Waals surface area contributed by atoms with E-state index < -0.39 is 10.5 Å². The summed E-state index contributed by atoms with van der Waals surface area (Å²) in [6.07, 6.45) is 4.67. The molecule has 0 saturated heterocycles. The molecule has 2 heterocycles. The molecule has 0 fully saturated rings. The number of nitro benzene ring substituents is 1. The SMILES string of the molecule is O=c1[nH]cnc2cc(Nn3cccc3)c([N+](=O)[O-])cc12. The van der Waals surface area contributed by atoms with Gasteiger partial charge in [-0.1, -0.05) is 0 Å². The second kappa shape index (κ2) is 4.50. The Morgan fingerprint density at radius 2 is 2.05 bits per heavy atom. The van der Waals surface area contributed by atoms with Crippen LogP contribution in [0.5, 0.6) is 0 Å². The number of hydrogen-bond acceptors (Lipinski definition) is 5. The minimum Gasteiger partial charge on any atom is -0.313 e. The number of fused-ring (bicyclic) bond motifs is 1. The van der Waals surface area contributed by atoms with Crippen molar-refractivity contribution in [2.24, 2.45) is 0 Å². The second-order valence-electron chi connectivity index (χ2n) is 4.08. The Kier molecular flexibility index (Phi) is 2.68. The minimum absolute atomic E-state index is 0.178. The molecule has 2 aromatic heterocycles. The van der Waals surface area contributed by atoms with Crippen molar-refractivity contribution in [3.05, 3.63) is 63.5 Å². The maximum absolute atomic E-state index is 11.6. The molecule has 0 saturated carbocycles. The summed E-state index contributed by atoms with van der Waals surface area (Å²) < 4.78 is 1.57. The maximum atomic E-state index is 11.6. The summed E-state index contributed by atoms with van der Waals surface area (Å²) in [7, 11) is 0. The maximum Gasteiger partial charge on any atom is 0.295 e. The summed E-state index contributed by atoms with van der Waals surface area (Å²) in [5.74, 6) is 0. The van der Waals surface area contributed by atoms with E-state index in [0.29, 0.717) is 5.52 Å². The van der Waals surface area contributed by atoms with Crippen LogP contribution in [0, 0.1) is 10.1 Å². The first-order valence-corrected chi connectivity index (χ1v) is 5.71. The minimum atomic E-state index is -0.544. The lowest BCUT2D eigenvalue weighted by Gasteiger charge is -2.08. The van der Waals surface area contributed by atoms with E-state index in [1.165, 1.54) is 18.5 Å². The van der Waals surface area contributed by atoms with E-state index in [0.717, 1.165) is 0 Å². The highest BCUT2D eigenvalue weighted by Gasteiger charge is 2.17. The normalized spacial score (nSPS) is 10.6. The highest BCUT2D eigenvalue weighted by molar-refractivity contribution is 5.86. The number of nitrogens with one attached hydrogen (secondary N) is 2. The molecule has 0 aliphatic carbocycles. The van der Waals surface area contributed by atoms with E-state index >= 15 is 0 Å². The molecule has 8 nitrogen and oxygen atoms in total. The van der Waals surface area contributed by atoms with Gasteiger partial charge in [0, 0.05) is 18.5 Å². The van der Waals surface area contributed by atoms with Crippen molar-refractivity contribution in [3.63, 3.8) is 0 Å². The highest BCUT2D eigenvalue weighted by Crippen LogP contribution is 2.27. The third kappa shape index (κ3) is 1.99. The smallest absolute Gasteiger partial charge is 0.295 e. The Labute approximate surface area is 111 Å². The van der Waals surface area contributed by atoms with Gasteiger partial charge in [0.1, 0.15) is 5.69 Å². The van der Waals surface area contributed by atoms with Crippen LogP contribution in [0.15, 0.2) is 47.8 Å². The van der Waals surface area contributed by atoms with Crippen molar-refractivity contribution in [3.8, 4) is 0 Å². The number of H-pyrrole nitrogens is 1. The average molecular weight is 271 g/mol. The number of aromatic nitrogens is 3. The average Bonchev–Trinajstić information content (AvgIpc) is 2.91. The molecule has 0 amide bonds. The van der Waals surface area contributed by atoms with E-state index in [4.69, 9.17) is 0 Å². The van der Waals surface area contributed by atoms with Gasteiger partial charge in [-0.15, -0.1) is 0 Å². The lowest BCUT2D eigenvalue weighted by molar-refractivity contribution is -0.383. The molecule has 8 heteroatoms. The first-order chi connectivity index (χ1) is 9.65. The van der Waals surface area contributed by atoms with Crippen molar-refractivity contribution >= 4 is 22.3 Å². The molecule has 0 spiro atoms. The predicted molar refractivity (Wildman–Crippen MR) is 72.5 cm³/mol. The molecule has 20 heavy (non-hydrogen) atoms. The van der Waals surface area contributed by atoms with Crippen LogP contribution in [-0.4, -0.2) is 19.6 Å². The van der Waals surface area contributed by atoms with E-state index in [-0.39, 0.29) is 16.8 Å². The molecule has 2 N–H and O–H groups in total. The molecular weight excluding hydrogens is 262 g/mol. The Morgan fingerprint density at radius 1 is 1.30 bits per heavy atom. The zero-order valence-electron chi connectivity index (χ0n) is 10.1. The first-order valence-electron chi connectivity index (χ1n) is 5.71. The summed E-state index contributed by atoms with van der Waals surface area (Å²) >= 11 is 0. The van der Waals surface area contributed by atoms with Gasteiger partial charge in [0.05, 0.1) is 22.2 Å². The van der Waals surface area contributed by atoms with Crippen LogP contribution in [0.4, 0.5) is 11.4 Å². The zero-order chi connectivity index (χ0) is 14.1. The van der Waals surface area contributed by atoms with Gasteiger partial charge in [-0.2, -0.15) is 0 Å². The van der Waals surface area contributed by atoms with Crippen molar-refractivity contribution < 1.29 is 4.92 Å². The number of nitrogens with zero attached hydrogens (tertiary/aromatic N) is 3. The fraction of sp³-hybridized carbons (Fsp3) is 0. The Balaban J connectivity index is 2.21. The molecule has 0 aliphatic heterocycles. The lowest BCUT2D eigenvalue weighted by Crippen LogP contribution is -2.11. The fourth-order valence-corrected chi connectivity index (χ4v) is 1.89. The van der Waals surface area contributed by atoms with Crippen LogP contribution in [0.2, 0.25) is 0 Å². The Morgan fingerprint density at radius 3 is 2.75 bits per heavy atom. The Bertz CT molecular complexity index is 838. The number of nitro groups is 1. The van der Waals surface area contributed by atoms with Gasteiger partial charge in [-0.25, -0.2) is 4.98 Å². The molecule has 3 rings (SSSR count). The number of benzene rings is 1. The van der Waals surface area contributed by atoms with Gasteiger partial charge in [0.15, 0.2) is 0 Å². The second-order valence-corrected chi connectivity index (χ2v) is 4.08. The van der Waals surface area contributed by atoms with Crippen LogP contribution in [0.1, 0.15) is 0 Å². The standard InChI is InChI=1S/C12H9N5O3/c18-12-8-5-11(17(19)20)10(6-9(8)13-7-14-12)15-16-3-1-2-4-16/h1-7,15H,(H,13,14,18). The third-order valence-corrected chi connectivity index (χ3v) is 2.81. The number of anilines is 1. The molecule has 0 bridgehead atoms. The van der Waals surface area contributed by atoms with Crippen LogP contribution >= 0.6 is 0 Å². The molecular formula is C12H9N5O3. The molecule has 0 radical (unpaired) electrons. The molecule has 100 valence electrons. The largest absolute Gasteiger partial charge is 0.313 e. The fourth-order valence-electron chi connectivity index (χ4n) is 1.89. The van der Waals surface area contributed by atoms with Gasteiger partial charge in [0.25, 0.3) is 11.2 Å². The summed E-state index contributed by atoms with van der Waals surface area (Å²) in [6.45, 7) is 0. The van der Waals surface area contributed by atoms with E-state index in [9.17, 15) is 14.9 Å². The van der Waals surface area contributed by atoms with Crippen LogP contribution < -0.4 is 11.0 Å². The number of hydrogen-bond donors (Lipinski definition) is 2. The van der Waals surface area contributed by atoms with Crippen molar-refractivity contribution in [1.82, 2.24) is 14.6 Å². The summed E-state index contributed by atoms with van der Waals surface area (Å²) in [5.41, 5.74) is 2.91. The van der Waals surface area contributed by atoms with Crippen LogP contribution in [-0.2, 0) is 0 Å². The monoisotopic (exact) mass is 271 g/mol. The number of aromatic amines is 1. The van der Waals surface area contributed by atoms with E-state index in [1.807, 2.05) is 0 Å².